The summed E-state index contributed by atoms with van der Waals surface area (Å²) in [6.07, 6.45) is 2.44. The second kappa shape index (κ2) is 6.50. The van der Waals surface area contributed by atoms with Gasteiger partial charge in [0.2, 0.25) is 5.91 Å². The molecular formula is C15H18N2OS. The molecule has 1 amide bonds. The molecule has 0 radical (unpaired) electrons. The van der Waals surface area contributed by atoms with Crippen LogP contribution in [0.1, 0.15) is 20.9 Å². The minimum Gasteiger partial charge on any atom is -0.294 e. The lowest BCUT2D eigenvalue weighted by Gasteiger charge is -2.03. The van der Waals surface area contributed by atoms with Crippen LogP contribution in [0.25, 0.3) is 0 Å². The quantitative estimate of drug-likeness (QED) is 0.499. The molecular weight excluding hydrogens is 256 g/mol. The van der Waals surface area contributed by atoms with Gasteiger partial charge in [-0.25, -0.2) is 5.84 Å². The highest BCUT2D eigenvalue weighted by atomic mass is 32.1. The van der Waals surface area contributed by atoms with E-state index < -0.39 is 0 Å². The van der Waals surface area contributed by atoms with E-state index >= 15 is 0 Å². The normalized spacial score (nSPS) is 10.4. The number of thiophene rings is 1. The molecule has 0 bridgehead atoms. The monoisotopic (exact) mass is 274 g/mol. The van der Waals surface area contributed by atoms with Gasteiger partial charge in [-0.05, 0) is 43.0 Å². The zero-order valence-corrected chi connectivity index (χ0v) is 11.8. The van der Waals surface area contributed by atoms with E-state index in [2.05, 4.69) is 36.6 Å². The molecule has 1 aromatic heterocycles. The zero-order valence-electron chi connectivity index (χ0n) is 11.0. The first-order valence-electron chi connectivity index (χ1n) is 6.30. The number of rotatable bonds is 5. The highest BCUT2D eigenvalue weighted by Crippen LogP contribution is 2.17. The van der Waals surface area contributed by atoms with Crippen LogP contribution in [0.5, 0.6) is 0 Å². The van der Waals surface area contributed by atoms with Crippen LogP contribution < -0.4 is 11.3 Å². The van der Waals surface area contributed by atoms with E-state index in [9.17, 15) is 4.79 Å². The highest BCUT2D eigenvalue weighted by Gasteiger charge is 2.02. The van der Waals surface area contributed by atoms with Gasteiger partial charge in [-0.3, -0.25) is 10.2 Å². The molecule has 0 spiro atoms. The van der Waals surface area contributed by atoms with Crippen molar-refractivity contribution in [2.45, 2.75) is 26.2 Å². The number of hydrogen-bond acceptors (Lipinski definition) is 3. The van der Waals surface area contributed by atoms with Gasteiger partial charge in [-0.1, -0.05) is 24.3 Å². The van der Waals surface area contributed by atoms with Crippen molar-refractivity contribution in [3.8, 4) is 0 Å². The Kier molecular flexibility index (Phi) is 4.71. The Hall–Kier alpha value is -1.65. The number of aryl methyl sites for hydroxylation is 3. The maximum absolute atomic E-state index is 11.1. The fourth-order valence-electron chi connectivity index (χ4n) is 1.95. The molecule has 0 aliphatic heterocycles. The van der Waals surface area contributed by atoms with Crippen molar-refractivity contribution in [1.82, 2.24) is 5.43 Å². The molecule has 4 heteroatoms. The minimum atomic E-state index is -0.165. The van der Waals surface area contributed by atoms with E-state index in [0.717, 1.165) is 18.4 Å². The van der Waals surface area contributed by atoms with Crippen LogP contribution in [0.4, 0.5) is 0 Å². The molecule has 2 rings (SSSR count). The molecule has 3 nitrogen and oxygen atoms in total. The number of hydrazine groups is 1. The summed E-state index contributed by atoms with van der Waals surface area (Å²) in [6, 6.07) is 12.5. The van der Waals surface area contributed by atoms with Crippen LogP contribution in [0.2, 0.25) is 0 Å². The lowest BCUT2D eigenvalue weighted by Crippen LogP contribution is -2.31. The average Bonchev–Trinajstić information content (AvgIpc) is 2.83. The van der Waals surface area contributed by atoms with E-state index in [0.29, 0.717) is 6.42 Å². The van der Waals surface area contributed by atoms with Crippen molar-refractivity contribution in [3.05, 3.63) is 57.3 Å². The van der Waals surface area contributed by atoms with Crippen molar-refractivity contribution in [3.63, 3.8) is 0 Å². The van der Waals surface area contributed by atoms with Gasteiger partial charge in [-0.2, -0.15) is 0 Å². The van der Waals surface area contributed by atoms with E-state index in [4.69, 9.17) is 5.84 Å². The minimum absolute atomic E-state index is 0.165. The molecule has 0 saturated carbocycles. The number of carbonyl (C=O) groups excluding carboxylic acids is 1. The Morgan fingerprint density at radius 3 is 2.37 bits per heavy atom. The van der Waals surface area contributed by atoms with Gasteiger partial charge in [0.05, 0.1) is 6.42 Å². The van der Waals surface area contributed by atoms with Crippen molar-refractivity contribution < 1.29 is 4.79 Å². The van der Waals surface area contributed by atoms with Gasteiger partial charge in [0.1, 0.15) is 0 Å². The first kappa shape index (κ1) is 13.8. The van der Waals surface area contributed by atoms with Crippen LogP contribution in [-0.2, 0) is 24.1 Å². The number of amides is 1. The smallest absolute Gasteiger partial charge is 0.238 e. The van der Waals surface area contributed by atoms with Gasteiger partial charge >= 0.3 is 0 Å². The van der Waals surface area contributed by atoms with E-state index in [1.54, 1.807) is 0 Å². The fraction of sp³-hybridized carbons (Fsp3) is 0.267. The molecule has 1 heterocycles. The van der Waals surface area contributed by atoms with Gasteiger partial charge in [0.25, 0.3) is 0 Å². The molecule has 1 aromatic carbocycles. The number of nitrogens with two attached hydrogens (primary N) is 1. The van der Waals surface area contributed by atoms with Gasteiger partial charge in [0.15, 0.2) is 0 Å². The van der Waals surface area contributed by atoms with Crippen LogP contribution in [0, 0.1) is 6.92 Å². The zero-order chi connectivity index (χ0) is 13.7. The summed E-state index contributed by atoms with van der Waals surface area (Å²) >= 11 is 1.85. The highest BCUT2D eigenvalue weighted by molar-refractivity contribution is 7.11. The molecule has 2 aromatic rings. The van der Waals surface area contributed by atoms with Crippen LogP contribution in [-0.4, -0.2) is 5.91 Å². The Morgan fingerprint density at radius 1 is 1.11 bits per heavy atom. The third-order valence-corrected chi connectivity index (χ3v) is 4.07. The summed E-state index contributed by atoms with van der Waals surface area (Å²) in [5.41, 5.74) is 4.42. The SMILES string of the molecule is Cc1ccc(CCc2ccc(CC(=O)NN)cc2)s1. The summed E-state index contributed by atoms with van der Waals surface area (Å²) in [5, 5.41) is 0. The lowest BCUT2D eigenvalue weighted by atomic mass is 10.1. The van der Waals surface area contributed by atoms with Crippen molar-refractivity contribution in [2.24, 2.45) is 5.84 Å². The van der Waals surface area contributed by atoms with Gasteiger partial charge < -0.3 is 0 Å². The molecule has 0 fully saturated rings. The topological polar surface area (TPSA) is 55.1 Å². The summed E-state index contributed by atoms with van der Waals surface area (Å²) < 4.78 is 0. The second-order valence-electron chi connectivity index (χ2n) is 4.57. The van der Waals surface area contributed by atoms with Crippen LogP contribution in [0.15, 0.2) is 36.4 Å². The van der Waals surface area contributed by atoms with Crippen molar-refractivity contribution in [1.29, 1.82) is 0 Å². The van der Waals surface area contributed by atoms with E-state index in [1.165, 1.54) is 15.3 Å². The predicted molar refractivity (Wildman–Crippen MR) is 78.9 cm³/mol. The second-order valence-corrected chi connectivity index (χ2v) is 5.95. The third-order valence-electron chi connectivity index (χ3n) is 3.00. The van der Waals surface area contributed by atoms with Crippen LogP contribution >= 0.6 is 11.3 Å². The average molecular weight is 274 g/mol. The number of carbonyl (C=O) groups is 1. The largest absolute Gasteiger partial charge is 0.294 e. The van der Waals surface area contributed by atoms with E-state index in [-0.39, 0.29) is 5.91 Å². The number of benzene rings is 1. The Morgan fingerprint density at radius 2 is 1.79 bits per heavy atom. The third kappa shape index (κ3) is 4.19. The lowest BCUT2D eigenvalue weighted by molar-refractivity contribution is -0.120. The molecule has 0 unspecified atom stereocenters. The first-order valence-corrected chi connectivity index (χ1v) is 7.11. The predicted octanol–water partition coefficient (Wildman–Crippen LogP) is 2.37. The maximum atomic E-state index is 11.1. The van der Waals surface area contributed by atoms with Crippen molar-refractivity contribution in [2.75, 3.05) is 0 Å². The standard InChI is InChI=1S/C15H18N2OS/c1-11-2-8-14(19-11)9-7-12-3-5-13(6-4-12)10-15(18)17-16/h2-6,8H,7,9-10,16H2,1H3,(H,17,18). The molecule has 3 N–H and O–H groups in total. The molecule has 0 aliphatic rings. The summed E-state index contributed by atoms with van der Waals surface area (Å²) in [4.78, 5) is 13.9. The summed E-state index contributed by atoms with van der Waals surface area (Å²) in [7, 11) is 0. The fourth-order valence-corrected chi connectivity index (χ4v) is 2.84. The number of hydrogen-bond donors (Lipinski definition) is 2. The van der Waals surface area contributed by atoms with Gasteiger partial charge in [-0.15, -0.1) is 11.3 Å². The summed E-state index contributed by atoms with van der Waals surface area (Å²) in [6.45, 7) is 2.13. The summed E-state index contributed by atoms with van der Waals surface area (Å²) in [5.74, 6) is 4.90. The first-order chi connectivity index (χ1) is 9.17. The molecule has 0 saturated heterocycles. The Balaban J connectivity index is 1.89. The molecule has 0 aliphatic carbocycles. The molecule has 19 heavy (non-hydrogen) atoms. The Bertz CT molecular complexity index is 546. The molecule has 0 atom stereocenters. The maximum Gasteiger partial charge on any atom is 0.238 e. The Labute approximate surface area is 117 Å². The molecule has 100 valence electrons. The van der Waals surface area contributed by atoms with Crippen LogP contribution in [0.3, 0.4) is 0 Å². The number of nitrogens with one attached hydrogen (secondary N) is 1. The van der Waals surface area contributed by atoms with Crippen molar-refractivity contribution >= 4 is 17.2 Å². The van der Waals surface area contributed by atoms with E-state index in [1.807, 2.05) is 23.5 Å². The van der Waals surface area contributed by atoms with Gasteiger partial charge in [0, 0.05) is 9.75 Å².